The van der Waals surface area contributed by atoms with Crippen molar-refractivity contribution in [2.45, 2.75) is 64.1 Å². The van der Waals surface area contributed by atoms with Gasteiger partial charge in [0.1, 0.15) is 0 Å². The van der Waals surface area contributed by atoms with Gasteiger partial charge in [0.25, 0.3) is 0 Å². The maximum absolute atomic E-state index is 3.73. The van der Waals surface area contributed by atoms with Gasteiger partial charge in [0.2, 0.25) is 0 Å². The summed E-state index contributed by atoms with van der Waals surface area (Å²) in [7, 11) is 2.29. The molecule has 3 unspecified atom stereocenters. The van der Waals surface area contributed by atoms with Crippen molar-refractivity contribution in [3.05, 3.63) is 0 Å². The standard InChI is InChI=1S/C13H26N2/c1-5-13(2,3)15(4)9-10-8-11-6-7-12(10)14-11/h10-12,14H,5-9H2,1-4H3. The van der Waals surface area contributed by atoms with Crippen molar-refractivity contribution in [2.75, 3.05) is 13.6 Å². The van der Waals surface area contributed by atoms with Crippen LogP contribution < -0.4 is 5.32 Å². The van der Waals surface area contributed by atoms with E-state index in [0.717, 1.165) is 18.0 Å². The number of hydrogen-bond acceptors (Lipinski definition) is 2. The highest BCUT2D eigenvalue weighted by molar-refractivity contribution is 4.98. The van der Waals surface area contributed by atoms with Crippen molar-refractivity contribution in [3.63, 3.8) is 0 Å². The Hall–Kier alpha value is -0.0800. The highest BCUT2D eigenvalue weighted by atomic mass is 15.2. The molecule has 0 aromatic heterocycles. The quantitative estimate of drug-likeness (QED) is 0.765. The summed E-state index contributed by atoms with van der Waals surface area (Å²) in [5.74, 6) is 0.902. The summed E-state index contributed by atoms with van der Waals surface area (Å²) in [5, 5.41) is 3.73. The van der Waals surface area contributed by atoms with Gasteiger partial charge in [-0.1, -0.05) is 6.92 Å². The highest BCUT2D eigenvalue weighted by Gasteiger charge is 2.40. The lowest BCUT2D eigenvalue weighted by molar-refractivity contribution is 0.120. The largest absolute Gasteiger partial charge is 0.311 e. The fourth-order valence-corrected chi connectivity index (χ4v) is 3.01. The molecule has 2 aliphatic heterocycles. The summed E-state index contributed by atoms with van der Waals surface area (Å²) in [5.41, 5.74) is 0.363. The molecule has 0 amide bonds. The van der Waals surface area contributed by atoms with Crippen LogP contribution in [0.4, 0.5) is 0 Å². The van der Waals surface area contributed by atoms with Crippen LogP contribution in [-0.2, 0) is 0 Å². The molecule has 2 heteroatoms. The van der Waals surface area contributed by atoms with Gasteiger partial charge in [0, 0.05) is 24.2 Å². The second kappa shape index (κ2) is 4.06. The Morgan fingerprint density at radius 3 is 2.53 bits per heavy atom. The first-order valence-electron chi connectivity index (χ1n) is 6.50. The fraction of sp³-hybridized carbons (Fsp3) is 1.00. The van der Waals surface area contributed by atoms with E-state index in [1.54, 1.807) is 0 Å². The van der Waals surface area contributed by atoms with Crippen LogP contribution in [0.15, 0.2) is 0 Å². The van der Waals surface area contributed by atoms with Gasteiger partial charge < -0.3 is 10.2 Å². The van der Waals surface area contributed by atoms with Crippen LogP contribution in [0.25, 0.3) is 0 Å². The Morgan fingerprint density at radius 1 is 1.33 bits per heavy atom. The van der Waals surface area contributed by atoms with Crippen LogP contribution >= 0.6 is 0 Å². The number of fused-ring (bicyclic) bond motifs is 2. The van der Waals surface area contributed by atoms with Gasteiger partial charge in [-0.2, -0.15) is 0 Å². The summed E-state index contributed by atoms with van der Waals surface area (Å²) < 4.78 is 0. The fourth-order valence-electron chi connectivity index (χ4n) is 3.01. The van der Waals surface area contributed by atoms with Crippen LogP contribution in [0, 0.1) is 5.92 Å². The second-order valence-corrected chi connectivity index (χ2v) is 6.09. The molecule has 88 valence electrons. The van der Waals surface area contributed by atoms with Gasteiger partial charge in [0.05, 0.1) is 0 Å². The van der Waals surface area contributed by atoms with Crippen molar-refractivity contribution < 1.29 is 0 Å². The topological polar surface area (TPSA) is 15.3 Å². The van der Waals surface area contributed by atoms with Crippen molar-refractivity contribution in [2.24, 2.45) is 5.92 Å². The third kappa shape index (κ3) is 2.21. The Labute approximate surface area is 94.4 Å². The van der Waals surface area contributed by atoms with Gasteiger partial charge in [-0.05, 0) is 52.5 Å². The van der Waals surface area contributed by atoms with E-state index in [0.29, 0.717) is 5.54 Å². The summed E-state index contributed by atoms with van der Waals surface area (Å²) in [4.78, 5) is 2.56. The molecule has 0 saturated carbocycles. The monoisotopic (exact) mass is 210 g/mol. The normalized spacial score (nSPS) is 35.4. The molecule has 2 nitrogen and oxygen atoms in total. The molecule has 0 aliphatic carbocycles. The predicted molar refractivity (Wildman–Crippen MR) is 65.1 cm³/mol. The minimum Gasteiger partial charge on any atom is -0.311 e. The van der Waals surface area contributed by atoms with Crippen LogP contribution in [0.5, 0.6) is 0 Å². The zero-order chi connectivity index (χ0) is 11.1. The van der Waals surface area contributed by atoms with E-state index in [-0.39, 0.29) is 0 Å². The smallest absolute Gasteiger partial charge is 0.0147 e. The first-order valence-corrected chi connectivity index (χ1v) is 6.50. The van der Waals surface area contributed by atoms with Crippen molar-refractivity contribution in [1.82, 2.24) is 10.2 Å². The van der Waals surface area contributed by atoms with Crippen LogP contribution in [-0.4, -0.2) is 36.1 Å². The molecular formula is C13H26N2. The minimum atomic E-state index is 0.363. The first-order chi connectivity index (χ1) is 7.03. The van der Waals surface area contributed by atoms with Gasteiger partial charge in [0.15, 0.2) is 0 Å². The number of nitrogens with one attached hydrogen (secondary N) is 1. The van der Waals surface area contributed by atoms with Gasteiger partial charge in [-0.25, -0.2) is 0 Å². The van der Waals surface area contributed by atoms with Crippen molar-refractivity contribution in [3.8, 4) is 0 Å². The molecule has 2 bridgehead atoms. The van der Waals surface area contributed by atoms with E-state index in [9.17, 15) is 0 Å². The van der Waals surface area contributed by atoms with E-state index in [1.165, 1.54) is 32.2 Å². The summed E-state index contributed by atoms with van der Waals surface area (Å²) in [6.07, 6.45) is 5.48. The number of hydrogen-bond donors (Lipinski definition) is 1. The molecule has 2 aliphatic rings. The van der Waals surface area contributed by atoms with Crippen molar-refractivity contribution in [1.29, 1.82) is 0 Å². The molecule has 3 atom stereocenters. The van der Waals surface area contributed by atoms with E-state index in [2.05, 4.69) is 38.0 Å². The molecule has 0 spiro atoms. The molecule has 0 radical (unpaired) electrons. The molecule has 2 fully saturated rings. The molecule has 0 aromatic carbocycles. The molecule has 2 rings (SSSR count). The summed E-state index contributed by atoms with van der Waals surface area (Å²) in [6, 6.07) is 1.67. The van der Waals surface area contributed by atoms with E-state index >= 15 is 0 Å². The lowest BCUT2D eigenvalue weighted by atomic mass is 9.87. The first kappa shape index (κ1) is 11.4. The third-order valence-corrected chi connectivity index (χ3v) is 4.84. The average molecular weight is 210 g/mol. The summed E-state index contributed by atoms with van der Waals surface area (Å²) in [6.45, 7) is 8.27. The van der Waals surface area contributed by atoms with Gasteiger partial charge in [-0.15, -0.1) is 0 Å². The van der Waals surface area contributed by atoms with E-state index < -0.39 is 0 Å². The van der Waals surface area contributed by atoms with Crippen LogP contribution in [0.1, 0.15) is 46.5 Å². The van der Waals surface area contributed by atoms with Crippen molar-refractivity contribution >= 4 is 0 Å². The lowest BCUT2D eigenvalue weighted by Crippen LogP contribution is -2.45. The zero-order valence-electron chi connectivity index (χ0n) is 10.7. The SMILES string of the molecule is CCC(C)(C)N(C)CC1CC2CCC1N2. The van der Waals surface area contributed by atoms with E-state index in [1.807, 2.05) is 0 Å². The Kier molecular flexibility index (Phi) is 3.09. The minimum absolute atomic E-state index is 0.363. The maximum atomic E-state index is 3.73. The van der Waals surface area contributed by atoms with Gasteiger partial charge in [-0.3, -0.25) is 0 Å². The third-order valence-electron chi connectivity index (χ3n) is 4.84. The molecule has 2 heterocycles. The number of nitrogens with zero attached hydrogens (tertiary/aromatic N) is 1. The van der Waals surface area contributed by atoms with Gasteiger partial charge >= 0.3 is 0 Å². The Bertz CT molecular complexity index is 225. The molecule has 15 heavy (non-hydrogen) atoms. The molecule has 2 saturated heterocycles. The second-order valence-electron chi connectivity index (χ2n) is 6.09. The van der Waals surface area contributed by atoms with Crippen LogP contribution in [0.2, 0.25) is 0 Å². The highest BCUT2D eigenvalue weighted by Crippen LogP contribution is 2.34. The Balaban J connectivity index is 1.87. The summed E-state index contributed by atoms with van der Waals surface area (Å²) >= 11 is 0. The predicted octanol–water partition coefficient (Wildman–Crippen LogP) is 2.25. The maximum Gasteiger partial charge on any atom is 0.0147 e. The Morgan fingerprint density at radius 2 is 2.07 bits per heavy atom. The van der Waals surface area contributed by atoms with E-state index in [4.69, 9.17) is 0 Å². The molecule has 1 N–H and O–H groups in total. The average Bonchev–Trinajstić information content (AvgIpc) is 2.79. The van der Waals surface area contributed by atoms with Crippen LogP contribution in [0.3, 0.4) is 0 Å². The molecule has 0 aromatic rings. The number of rotatable bonds is 4. The zero-order valence-corrected chi connectivity index (χ0v) is 10.7. The molecular weight excluding hydrogens is 184 g/mol. The lowest BCUT2D eigenvalue weighted by Gasteiger charge is -2.38.